The van der Waals surface area contributed by atoms with Gasteiger partial charge in [0, 0.05) is 18.7 Å². The van der Waals surface area contributed by atoms with Gasteiger partial charge in [-0.1, -0.05) is 25.8 Å². The van der Waals surface area contributed by atoms with Crippen molar-refractivity contribution in [3.63, 3.8) is 0 Å². The highest BCUT2D eigenvalue weighted by atomic mass is 16.6. The first-order valence-electron chi connectivity index (χ1n) is 7.61. The van der Waals surface area contributed by atoms with Crippen molar-refractivity contribution in [3.8, 4) is 0 Å². The van der Waals surface area contributed by atoms with Crippen LogP contribution in [0.3, 0.4) is 0 Å². The Bertz CT molecular complexity index is 473. The molecule has 1 atom stereocenters. The predicted octanol–water partition coefficient (Wildman–Crippen LogP) is 4.05. The Morgan fingerprint density at radius 2 is 1.95 bits per heavy atom. The van der Waals surface area contributed by atoms with Gasteiger partial charge in [0.1, 0.15) is 5.69 Å². The summed E-state index contributed by atoms with van der Waals surface area (Å²) in [6, 6.07) is 5.20. The van der Waals surface area contributed by atoms with Crippen LogP contribution < -0.4 is 4.90 Å². The second-order valence-corrected chi connectivity index (χ2v) is 5.68. The average molecular weight is 294 g/mol. The predicted molar refractivity (Wildman–Crippen MR) is 85.7 cm³/mol. The summed E-state index contributed by atoms with van der Waals surface area (Å²) in [5.41, 5.74) is 1.27. The van der Waals surface area contributed by atoms with E-state index in [2.05, 4.69) is 11.8 Å². The molecular weight excluding hydrogens is 268 g/mol. The molecule has 0 unspecified atom stereocenters. The molecule has 0 spiro atoms. The number of unbranched alkanes of at least 4 members (excludes halogenated alkanes) is 2. The molecule has 5 nitrogen and oxygen atoms in total. The molecule has 0 aliphatic rings. The van der Waals surface area contributed by atoms with E-state index in [4.69, 9.17) is 0 Å². The highest BCUT2D eigenvalue weighted by molar-refractivity contribution is 5.65. The first-order valence-corrected chi connectivity index (χ1v) is 7.61. The summed E-state index contributed by atoms with van der Waals surface area (Å²) < 4.78 is 0. The molecule has 0 aliphatic carbocycles. The van der Waals surface area contributed by atoms with Crippen molar-refractivity contribution < 1.29 is 10.0 Å². The number of nitrogens with zero attached hydrogens (tertiary/aromatic N) is 2. The smallest absolute Gasteiger partial charge is 0.292 e. The van der Waals surface area contributed by atoms with Crippen molar-refractivity contribution in [2.75, 3.05) is 11.4 Å². The highest BCUT2D eigenvalue weighted by Crippen LogP contribution is 2.32. The molecule has 0 bridgehead atoms. The molecule has 0 fully saturated rings. The molecule has 0 saturated carbocycles. The van der Waals surface area contributed by atoms with E-state index in [-0.39, 0.29) is 16.7 Å². The van der Waals surface area contributed by atoms with Gasteiger partial charge in [-0.2, -0.15) is 0 Å². The fourth-order valence-corrected chi connectivity index (χ4v) is 2.38. The van der Waals surface area contributed by atoms with Crippen LogP contribution in [0.4, 0.5) is 11.4 Å². The van der Waals surface area contributed by atoms with E-state index in [0.29, 0.717) is 11.3 Å². The lowest BCUT2D eigenvalue weighted by molar-refractivity contribution is -0.384. The van der Waals surface area contributed by atoms with Crippen LogP contribution in [0, 0.1) is 10.1 Å². The third-order valence-corrected chi connectivity index (χ3v) is 3.61. The van der Waals surface area contributed by atoms with Gasteiger partial charge >= 0.3 is 0 Å². The maximum absolute atomic E-state index is 11.4. The van der Waals surface area contributed by atoms with Gasteiger partial charge < -0.3 is 10.0 Å². The molecule has 21 heavy (non-hydrogen) atoms. The first-order chi connectivity index (χ1) is 9.88. The van der Waals surface area contributed by atoms with E-state index in [9.17, 15) is 15.2 Å². The quantitative estimate of drug-likeness (QED) is 0.446. The third kappa shape index (κ3) is 4.70. The summed E-state index contributed by atoms with van der Waals surface area (Å²) in [5.74, 6) is 0. The van der Waals surface area contributed by atoms with Crippen LogP contribution in [0.25, 0.3) is 0 Å². The average Bonchev–Trinajstić information content (AvgIpc) is 2.42. The Labute approximate surface area is 126 Å². The molecule has 1 N–H and O–H groups in total. The largest absolute Gasteiger partial charge is 0.389 e. The van der Waals surface area contributed by atoms with Crippen LogP contribution in [-0.4, -0.2) is 22.6 Å². The normalized spacial score (nSPS) is 12.5. The minimum atomic E-state index is -0.703. The van der Waals surface area contributed by atoms with Gasteiger partial charge in [-0.3, -0.25) is 10.1 Å². The van der Waals surface area contributed by atoms with E-state index in [1.54, 1.807) is 19.1 Å². The Balaban J connectivity index is 3.14. The number of anilines is 1. The summed E-state index contributed by atoms with van der Waals surface area (Å²) in [7, 11) is 0. The summed E-state index contributed by atoms with van der Waals surface area (Å²) in [5, 5.41) is 21.0. The molecule has 0 heterocycles. The number of aliphatic hydroxyl groups excluding tert-OH is 1. The number of rotatable bonds is 8. The zero-order valence-corrected chi connectivity index (χ0v) is 13.4. The van der Waals surface area contributed by atoms with Gasteiger partial charge in [-0.05, 0) is 38.8 Å². The summed E-state index contributed by atoms with van der Waals surface area (Å²) in [6.45, 7) is 8.64. The van der Waals surface area contributed by atoms with Crippen molar-refractivity contribution >= 4 is 11.4 Å². The van der Waals surface area contributed by atoms with Crippen LogP contribution >= 0.6 is 0 Å². The Hall–Kier alpha value is -1.62. The number of hydrogen-bond donors (Lipinski definition) is 1. The van der Waals surface area contributed by atoms with Crippen LogP contribution in [0.1, 0.15) is 58.6 Å². The van der Waals surface area contributed by atoms with Crippen molar-refractivity contribution in [2.45, 2.75) is 59.1 Å². The fraction of sp³-hybridized carbons (Fsp3) is 0.625. The van der Waals surface area contributed by atoms with Gasteiger partial charge in [0.25, 0.3) is 5.69 Å². The van der Waals surface area contributed by atoms with E-state index in [1.165, 1.54) is 6.07 Å². The molecule has 0 radical (unpaired) electrons. The van der Waals surface area contributed by atoms with Crippen LogP contribution in [-0.2, 0) is 0 Å². The standard InChI is InChI=1S/C16H26N2O3/c1-5-6-7-10-17(12(2)3)15-9-8-14(13(4)19)11-16(15)18(20)21/h8-9,11-13,19H,5-7,10H2,1-4H3/t13-/m0/s1. The summed E-state index contributed by atoms with van der Waals surface area (Å²) in [6.07, 6.45) is 2.55. The maximum Gasteiger partial charge on any atom is 0.292 e. The second-order valence-electron chi connectivity index (χ2n) is 5.68. The van der Waals surface area contributed by atoms with Crippen molar-refractivity contribution in [2.24, 2.45) is 0 Å². The number of hydrogen-bond acceptors (Lipinski definition) is 4. The zero-order valence-electron chi connectivity index (χ0n) is 13.4. The molecule has 0 aromatic heterocycles. The Morgan fingerprint density at radius 3 is 2.43 bits per heavy atom. The lowest BCUT2D eigenvalue weighted by Crippen LogP contribution is -2.32. The van der Waals surface area contributed by atoms with Gasteiger partial charge in [0.05, 0.1) is 11.0 Å². The van der Waals surface area contributed by atoms with Crippen molar-refractivity contribution in [3.05, 3.63) is 33.9 Å². The van der Waals surface area contributed by atoms with E-state index < -0.39 is 6.10 Å². The van der Waals surface area contributed by atoms with Gasteiger partial charge in [-0.15, -0.1) is 0 Å². The number of aliphatic hydroxyl groups is 1. The molecule has 0 aliphatic heterocycles. The minimum Gasteiger partial charge on any atom is -0.389 e. The molecule has 5 heteroatoms. The van der Waals surface area contributed by atoms with Crippen molar-refractivity contribution in [1.82, 2.24) is 0 Å². The number of benzene rings is 1. The van der Waals surface area contributed by atoms with E-state index in [0.717, 1.165) is 25.8 Å². The second kappa shape index (κ2) is 7.98. The Morgan fingerprint density at radius 1 is 1.29 bits per heavy atom. The fourth-order valence-electron chi connectivity index (χ4n) is 2.38. The Kier molecular flexibility index (Phi) is 6.62. The molecule has 0 amide bonds. The number of nitro benzene ring substituents is 1. The van der Waals surface area contributed by atoms with E-state index >= 15 is 0 Å². The summed E-state index contributed by atoms with van der Waals surface area (Å²) in [4.78, 5) is 13.1. The van der Waals surface area contributed by atoms with Gasteiger partial charge in [0.15, 0.2) is 0 Å². The minimum absolute atomic E-state index is 0.0681. The van der Waals surface area contributed by atoms with Crippen LogP contribution in [0.15, 0.2) is 18.2 Å². The first kappa shape index (κ1) is 17.4. The van der Waals surface area contributed by atoms with E-state index in [1.807, 2.05) is 13.8 Å². The van der Waals surface area contributed by atoms with Crippen LogP contribution in [0.5, 0.6) is 0 Å². The van der Waals surface area contributed by atoms with Gasteiger partial charge in [-0.25, -0.2) is 0 Å². The van der Waals surface area contributed by atoms with Crippen LogP contribution in [0.2, 0.25) is 0 Å². The molecule has 118 valence electrons. The highest BCUT2D eigenvalue weighted by Gasteiger charge is 2.22. The van der Waals surface area contributed by atoms with Crippen molar-refractivity contribution in [1.29, 1.82) is 0 Å². The number of nitro groups is 1. The SMILES string of the molecule is CCCCCN(c1ccc([C@H](C)O)cc1[N+](=O)[O-])C(C)C. The topological polar surface area (TPSA) is 66.6 Å². The van der Waals surface area contributed by atoms with Gasteiger partial charge in [0.2, 0.25) is 0 Å². The summed E-state index contributed by atoms with van der Waals surface area (Å²) >= 11 is 0. The zero-order chi connectivity index (χ0) is 16.0. The lowest BCUT2D eigenvalue weighted by Gasteiger charge is -2.29. The maximum atomic E-state index is 11.4. The molecular formula is C16H26N2O3. The molecule has 1 aromatic rings. The molecule has 0 saturated heterocycles. The monoisotopic (exact) mass is 294 g/mol. The molecule has 1 rings (SSSR count). The molecule has 1 aromatic carbocycles. The lowest BCUT2D eigenvalue weighted by atomic mass is 10.1. The third-order valence-electron chi connectivity index (χ3n) is 3.61.